The highest BCUT2D eigenvalue weighted by Crippen LogP contribution is 2.45. The molecule has 0 bridgehead atoms. The quantitative estimate of drug-likeness (QED) is 0.605. The summed E-state index contributed by atoms with van der Waals surface area (Å²) in [5, 5.41) is 2.41. The van der Waals surface area contributed by atoms with Gasteiger partial charge in [-0.25, -0.2) is 0 Å². The van der Waals surface area contributed by atoms with Crippen LogP contribution in [0.15, 0.2) is 66.7 Å². The molecular formula is C22H20O2. The molecule has 0 saturated heterocycles. The molecule has 2 nitrogen and oxygen atoms in total. The average Bonchev–Trinajstić information content (AvgIpc) is 3.01. The predicted molar refractivity (Wildman–Crippen MR) is 96.8 cm³/mol. The lowest BCUT2D eigenvalue weighted by molar-refractivity contribution is 0.0787. The number of carbonyl (C=O) groups is 1. The third-order valence-electron chi connectivity index (χ3n) is 4.84. The summed E-state index contributed by atoms with van der Waals surface area (Å²) in [5.74, 6) is 1.06. The highest BCUT2D eigenvalue weighted by molar-refractivity contribution is 6.02. The lowest BCUT2D eigenvalue weighted by Crippen LogP contribution is -2.29. The van der Waals surface area contributed by atoms with Crippen molar-refractivity contribution < 1.29 is 9.53 Å². The zero-order chi connectivity index (χ0) is 16.5. The topological polar surface area (TPSA) is 26.3 Å². The number of fused-ring (bicyclic) bond motifs is 3. The Morgan fingerprint density at radius 2 is 1.71 bits per heavy atom. The largest absolute Gasteiger partial charge is 0.481 e. The molecule has 2 heteroatoms. The van der Waals surface area contributed by atoms with Gasteiger partial charge in [-0.05, 0) is 23.3 Å². The highest BCUT2D eigenvalue weighted by Gasteiger charge is 2.39. The van der Waals surface area contributed by atoms with Gasteiger partial charge in [-0.3, -0.25) is 4.79 Å². The van der Waals surface area contributed by atoms with E-state index in [-0.39, 0.29) is 11.7 Å². The minimum Gasteiger partial charge on any atom is -0.481 e. The minimum atomic E-state index is -0.423. The Labute approximate surface area is 142 Å². The molecule has 0 aliphatic carbocycles. The number of benzene rings is 3. The van der Waals surface area contributed by atoms with Crippen LogP contribution in [0, 0.1) is 0 Å². The number of hydrogen-bond acceptors (Lipinski definition) is 2. The molecule has 120 valence electrons. The van der Waals surface area contributed by atoms with Gasteiger partial charge in [-0.2, -0.15) is 0 Å². The first-order valence-corrected chi connectivity index (χ1v) is 8.57. The molecule has 0 fully saturated rings. The van der Waals surface area contributed by atoms with Crippen LogP contribution >= 0.6 is 0 Å². The summed E-state index contributed by atoms with van der Waals surface area (Å²) in [5.41, 5.74) is 1.92. The maximum absolute atomic E-state index is 13.0. The molecule has 2 atom stereocenters. The Morgan fingerprint density at radius 1 is 0.958 bits per heavy atom. The van der Waals surface area contributed by atoms with Gasteiger partial charge in [0.25, 0.3) is 0 Å². The molecular weight excluding hydrogens is 296 g/mol. The van der Waals surface area contributed by atoms with Crippen LogP contribution in [0.2, 0.25) is 0 Å². The summed E-state index contributed by atoms with van der Waals surface area (Å²) < 4.78 is 6.15. The van der Waals surface area contributed by atoms with Gasteiger partial charge in [0.2, 0.25) is 5.78 Å². The van der Waals surface area contributed by atoms with Crippen LogP contribution in [0.5, 0.6) is 5.75 Å². The first-order valence-electron chi connectivity index (χ1n) is 8.57. The Balaban J connectivity index is 1.80. The van der Waals surface area contributed by atoms with Crippen LogP contribution in [0.25, 0.3) is 10.8 Å². The molecule has 3 aromatic carbocycles. The fraction of sp³-hybridized carbons (Fsp3) is 0.227. The average molecular weight is 316 g/mol. The van der Waals surface area contributed by atoms with E-state index in [1.54, 1.807) is 0 Å². The second-order valence-electron chi connectivity index (χ2n) is 6.36. The van der Waals surface area contributed by atoms with Crippen molar-refractivity contribution in [2.75, 3.05) is 0 Å². The monoisotopic (exact) mass is 316 g/mol. The summed E-state index contributed by atoms with van der Waals surface area (Å²) in [6.45, 7) is 2.16. The van der Waals surface area contributed by atoms with E-state index in [4.69, 9.17) is 4.74 Å². The van der Waals surface area contributed by atoms with Crippen LogP contribution in [-0.2, 0) is 0 Å². The van der Waals surface area contributed by atoms with Crippen molar-refractivity contribution >= 4 is 16.6 Å². The maximum atomic E-state index is 13.0. The normalized spacial score (nSPS) is 19.0. The molecule has 0 unspecified atom stereocenters. The van der Waals surface area contributed by atoms with Gasteiger partial charge in [-0.1, -0.05) is 74.0 Å². The van der Waals surface area contributed by atoms with Crippen LogP contribution in [0.1, 0.15) is 41.6 Å². The summed E-state index contributed by atoms with van der Waals surface area (Å²) >= 11 is 0. The second kappa shape index (κ2) is 6.12. The highest BCUT2D eigenvalue weighted by atomic mass is 16.5. The molecule has 4 rings (SSSR count). The van der Waals surface area contributed by atoms with Crippen molar-refractivity contribution in [1.82, 2.24) is 0 Å². The van der Waals surface area contributed by atoms with Crippen molar-refractivity contribution in [3.05, 3.63) is 77.9 Å². The molecule has 0 spiro atoms. The smallest absolute Gasteiger partial charge is 0.203 e. The molecule has 0 N–H and O–H groups in total. The van der Waals surface area contributed by atoms with Crippen molar-refractivity contribution in [1.29, 1.82) is 0 Å². The number of ketones is 1. The number of hydrogen-bond donors (Lipinski definition) is 0. The Morgan fingerprint density at radius 3 is 2.50 bits per heavy atom. The van der Waals surface area contributed by atoms with Gasteiger partial charge in [0.15, 0.2) is 6.10 Å². The van der Waals surface area contributed by atoms with E-state index in [9.17, 15) is 4.79 Å². The SMILES string of the molecule is CCC[C@H]1c2c(ccc3ccccc23)O[C@@H]1C(=O)c1ccccc1. The standard InChI is InChI=1S/C22H20O2/c1-2-8-18-20-17-12-7-6-9-15(17)13-14-19(20)24-22(18)21(23)16-10-4-3-5-11-16/h3-7,9-14,18,22H,2,8H2,1H3/t18-,22-/m0/s1. The van der Waals surface area contributed by atoms with Crippen molar-refractivity contribution in [3.8, 4) is 5.75 Å². The number of carbonyl (C=O) groups excluding carboxylic acids is 1. The molecule has 0 amide bonds. The molecule has 0 aromatic heterocycles. The third-order valence-corrected chi connectivity index (χ3v) is 4.84. The summed E-state index contributed by atoms with van der Waals surface area (Å²) in [6.07, 6.45) is 1.55. The molecule has 0 radical (unpaired) electrons. The molecule has 0 saturated carbocycles. The minimum absolute atomic E-state index is 0.0781. The molecule has 24 heavy (non-hydrogen) atoms. The van der Waals surface area contributed by atoms with E-state index in [2.05, 4.69) is 31.2 Å². The van der Waals surface area contributed by atoms with Crippen LogP contribution in [-0.4, -0.2) is 11.9 Å². The van der Waals surface area contributed by atoms with Gasteiger partial charge < -0.3 is 4.74 Å². The summed E-state index contributed by atoms with van der Waals surface area (Å²) in [4.78, 5) is 13.0. The molecule has 1 aliphatic rings. The zero-order valence-corrected chi connectivity index (χ0v) is 13.7. The van der Waals surface area contributed by atoms with Crippen LogP contribution in [0.4, 0.5) is 0 Å². The Kier molecular flexibility index (Phi) is 3.81. The van der Waals surface area contributed by atoms with E-state index < -0.39 is 6.10 Å². The Hall–Kier alpha value is -2.61. The fourth-order valence-corrected chi connectivity index (χ4v) is 3.74. The van der Waals surface area contributed by atoms with E-state index >= 15 is 0 Å². The molecule has 1 heterocycles. The van der Waals surface area contributed by atoms with Crippen molar-refractivity contribution in [2.24, 2.45) is 0 Å². The molecule has 1 aliphatic heterocycles. The molecule has 3 aromatic rings. The Bertz CT molecular complexity index is 883. The summed E-state index contributed by atoms with van der Waals surface area (Å²) in [6, 6.07) is 21.9. The van der Waals surface area contributed by atoms with Crippen molar-refractivity contribution in [2.45, 2.75) is 31.8 Å². The maximum Gasteiger partial charge on any atom is 0.203 e. The number of rotatable bonds is 4. The van der Waals surface area contributed by atoms with E-state index in [1.807, 2.05) is 42.5 Å². The predicted octanol–water partition coefficient (Wildman–Crippen LogP) is 5.37. The first kappa shape index (κ1) is 14.9. The van der Waals surface area contributed by atoms with Crippen LogP contribution in [0.3, 0.4) is 0 Å². The third kappa shape index (κ3) is 2.39. The van der Waals surface area contributed by atoms with E-state index in [0.29, 0.717) is 0 Å². The van der Waals surface area contributed by atoms with Gasteiger partial charge in [0.05, 0.1) is 0 Å². The van der Waals surface area contributed by atoms with Gasteiger partial charge in [0.1, 0.15) is 5.75 Å². The van der Waals surface area contributed by atoms with Crippen molar-refractivity contribution in [3.63, 3.8) is 0 Å². The fourth-order valence-electron chi connectivity index (χ4n) is 3.74. The number of Topliss-reactive ketones (excluding diaryl/α,β-unsaturated/α-hetero) is 1. The van der Waals surface area contributed by atoms with Crippen LogP contribution < -0.4 is 4.74 Å². The number of ether oxygens (including phenoxy) is 1. The van der Waals surface area contributed by atoms with E-state index in [1.165, 1.54) is 16.3 Å². The second-order valence-corrected chi connectivity index (χ2v) is 6.36. The zero-order valence-electron chi connectivity index (χ0n) is 13.7. The lowest BCUT2D eigenvalue weighted by atomic mass is 9.85. The summed E-state index contributed by atoms with van der Waals surface area (Å²) in [7, 11) is 0. The van der Waals surface area contributed by atoms with Gasteiger partial charge in [-0.15, -0.1) is 0 Å². The van der Waals surface area contributed by atoms with Gasteiger partial charge >= 0.3 is 0 Å². The van der Waals surface area contributed by atoms with Gasteiger partial charge in [0, 0.05) is 17.0 Å². The first-order chi connectivity index (χ1) is 11.8. The lowest BCUT2D eigenvalue weighted by Gasteiger charge is -2.18. The van der Waals surface area contributed by atoms with E-state index in [0.717, 1.165) is 24.2 Å².